The van der Waals surface area contributed by atoms with Gasteiger partial charge in [0.15, 0.2) is 0 Å². The molecule has 1 aromatic heterocycles. The van der Waals surface area contributed by atoms with Gasteiger partial charge in [0.05, 0.1) is 29.1 Å². The molecule has 7 heteroatoms. The Morgan fingerprint density at radius 1 is 1.12 bits per heavy atom. The summed E-state index contributed by atoms with van der Waals surface area (Å²) in [6, 6.07) is 0.173. The minimum atomic E-state index is -0.482. The standard InChI is InChI=1S/C26H38N4O3/c1-15-13-30(14-16(2)33-15)25-27-12-21(23(29-25)18-5-3-4-6-18)24(31)28-22-19-7-17-8-20(22)11-26(32,9-17)10-19/h12,15-20,22,32H,3-11,13-14H2,1-2H3,(H,28,31)/t15-,16-,17?,19?,20?,22-,26+/m0/s1. The maximum absolute atomic E-state index is 13.6. The van der Waals surface area contributed by atoms with Crippen LogP contribution in [0.3, 0.4) is 0 Å². The molecule has 33 heavy (non-hydrogen) atoms. The van der Waals surface area contributed by atoms with Crippen LogP contribution in [-0.2, 0) is 4.74 Å². The minimum absolute atomic E-state index is 0.0170. The number of rotatable bonds is 4. The van der Waals surface area contributed by atoms with E-state index >= 15 is 0 Å². The molecule has 4 atom stereocenters. The highest BCUT2D eigenvalue weighted by atomic mass is 16.5. The van der Waals surface area contributed by atoms with Crippen LogP contribution in [0, 0.1) is 17.8 Å². The van der Waals surface area contributed by atoms with Crippen LogP contribution in [-0.4, -0.2) is 57.9 Å². The van der Waals surface area contributed by atoms with E-state index in [0.29, 0.717) is 29.2 Å². The molecular weight excluding hydrogens is 416 g/mol. The van der Waals surface area contributed by atoms with Gasteiger partial charge in [0, 0.05) is 31.2 Å². The molecule has 2 N–H and O–H groups in total. The van der Waals surface area contributed by atoms with Crippen molar-refractivity contribution >= 4 is 11.9 Å². The van der Waals surface area contributed by atoms with Crippen LogP contribution in [0.15, 0.2) is 6.20 Å². The third-order valence-electron chi connectivity index (χ3n) is 9.03. The number of carbonyl (C=O) groups is 1. The van der Waals surface area contributed by atoms with E-state index in [-0.39, 0.29) is 24.2 Å². The number of carbonyl (C=O) groups excluding carboxylic acids is 1. The number of morpholine rings is 1. The molecule has 5 saturated carbocycles. The summed E-state index contributed by atoms with van der Waals surface area (Å²) in [6.07, 6.45) is 11.6. The van der Waals surface area contributed by atoms with Gasteiger partial charge >= 0.3 is 0 Å². The summed E-state index contributed by atoms with van der Waals surface area (Å²) in [5, 5.41) is 14.3. The first-order valence-corrected chi connectivity index (χ1v) is 13.2. The number of ether oxygens (including phenoxy) is 1. The summed E-state index contributed by atoms with van der Waals surface area (Å²) in [5.74, 6) is 2.48. The van der Waals surface area contributed by atoms with Crippen LogP contribution in [0.2, 0.25) is 0 Å². The van der Waals surface area contributed by atoms with Crippen LogP contribution in [0.4, 0.5) is 5.95 Å². The summed E-state index contributed by atoms with van der Waals surface area (Å²) in [5.41, 5.74) is 1.11. The number of amides is 1. The van der Waals surface area contributed by atoms with Crippen molar-refractivity contribution in [2.24, 2.45) is 17.8 Å². The summed E-state index contributed by atoms with van der Waals surface area (Å²) in [6.45, 7) is 5.72. The van der Waals surface area contributed by atoms with Gasteiger partial charge in [-0.1, -0.05) is 12.8 Å². The van der Waals surface area contributed by atoms with Crippen LogP contribution in [0.1, 0.15) is 93.6 Å². The van der Waals surface area contributed by atoms with Crippen LogP contribution < -0.4 is 10.2 Å². The number of nitrogens with one attached hydrogen (secondary N) is 1. The molecule has 1 amide bonds. The SMILES string of the molecule is C[C@H]1CN(c2ncc(C(=O)N[C@H]3C4CC5CC3C[C@@](O)(C5)C4)c(C3CCCC3)n2)C[C@H](C)O1. The van der Waals surface area contributed by atoms with E-state index in [9.17, 15) is 9.90 Å². The summed E-state index contributed by atoms with van der Waals surface area (Å²) >= 11 is 0. The normalized spacial score (nSPS) is 40.4. The second-order valence-electron chi connectivity index (χ2n) is 11.8. The van der Waals surface area contributed by atoms with Crippen molar-refractivity contribution in [3.63, 3.8) is 0 Å². The predicted molar refractivity (Wildman–Crippen MR) is 125 cm³/mol. The van der Waals surface area contributed by atoms with Gasteiger partial charge in [0.1, 0.15) is 0 Å². The Balaban J connectivity index is 1.25. The first-order chi connectivity index (χ1) is 15.9. The van der Waals surface area contributed by atoms with Crippen molar-refractivity contribution in [2.75, 3.05) is 18.0 Å². The Hall–Kier alpha value is -1.73. The lowest BCUT2D eigenvalue weighted by Gasteiger charge is -2.58. The topological polar surface area (TPSA) is 87.6 Å². The molecule has 2 unspecified atom stereocenters. The van der Waals surface area contributed by atoms with E-state index in [1.165, 1.54) is 12.8 Å². The highest BCUT2D eigenvalue weighted by Crippen LogP contribution is 2.55. The molecule has 0 radical (unpaired) electrons. The first kappa shape index (κ1) is 21.8. The molecule has 0 aromatic carbocycles. The average molecular weight is 455 g/mol. The highest BCUT2D eigenvalue weighted by molar-refractivity contribution is 5.95. The third kappa shape index (κ3) is 4.05. The smallest absolute Gasteiger partial charge is 0.254 e. The lowest BCUT2D eigenvalue weighted by molar-refractivity contribution is -0.136. The Morgan fingerprint density at radius 2 is 1.79 bits per heavy atom. The van der Waals surface area contributed by atoms with E-state index in [1.807, 2.05) is 0 Å². The Bertz CT molecular complexity index is 891. The number of nitrogens with zero attached hydrogens (tertiary/aromatic N) is 3. The van der Waals surface area contributed by atoms with Crippen molar-refractivity contribution in [1.29, 1.82) is 0 Å². The van der Waals surface area contributed by atoms with Gasteiger partial charge < -0.3 is 20.1 Å². The quantitative estimate of drug-likeness (QED) is 0.725. The molecule has 7 nitrogen and oxygen atoms in total. The van der Waals surface area contributed by atoms with Crippen LogP contribution in [0.5, 0.6) is 0 Å². The van der Waals surface area contributed by atoms with Gasteiger partial charge in [-0.3, -0.25) is 4.79 Å². The largest absolute Gasteiger partial charge is 0.390 e. The number of aliphatic hydroxyl groups is 1. The van der Waals surface area contributed by atoms with E-state index in [1.54, 1.807) is 6.20 Å². The van der Waals surface area contributed by atoms with Gasteiger partial charge in [-0.15, -0.1) is 0 Å². The van der Waals surface area contributed by atoms with Crippen molar-refractivity contribution in [1.82, 2.24) is 15.3 Å². The fourth-order valence-corrected chi connectivity index (χ4v) is 8.01. The molecule has 6 fully saturated rings. The van der Waals surface area contributed by atoms with Gasteiger partial charge in [0.25, 0.3) is 5.91 Å². The highest BCUT2D eigenvalue weighted by Gasteiger charge is 2.55. The van der Waals surface area contributed by atoms with Gasteiger partial charge in [-0.25, -0.2) is 9.97 Å². The molecule has 4 bridgehead atoms. The molecule has 180 valence electrons. The van der Waals surface area contributed by atoms with Crippen molar-refractivity contribution < 1.29 is 14.6 Å². The second-order valence-corrected chi connectivity index (χ2v) is 11.8. The van der Waals surface area contributed by atoms with E-state index < -0.39 is 5.60 Å². The number of anilines is 1. The maximum Gasteiger partial charge on any atom is 0.254 e. The molecule has 0 spiro atoms. The zero-order valence-corrected chi connectivity index (χ0v) is 20.0. The fourth-order valence-electron chi connectivity index (χ4n) is 8.01. The molecule has 2 heterocycles. The second kappa shape index (κ2) is 8.19. The van der Waals surface area contributed by atoms with Crippen molar-refractivity contribution in [3.05, 3.63) is 17.5 Å². The predicted octanol–water partition coefficient (Wildman–Crippen LogP) is 3.42. The van der Waals surface area contributed by atoms with Gasteiger partial charge in [-0.2, -0.15) is 0 Å². The molecule has 7 rings (SSSR count). The van der Waals surface area contributed by atoms with E-state index in [4.69, 9.17) is 9.72 Å². The third-order valence-corrected chi connectivity index (χ3v) is 9.03. The zero-order chi connectivity index (χ0) is 22.7. The molecular formula is C26H38N4O3. The summed E-state index contributed by atoms with van der Waals surface area (Å²) < 4.78 is 5.89. The summed E-state index contributed by atoms with van der Waals surface area (Å²) in [7, 11) is 0. The molecule has 1 aromatic rings. The number of hydrogen-bond donors (Lipinski definition) is 2. The summed E-state index contributed by atoms with van der Waals surface area (Å²) in [4.78, 5) is 25.5. The minimum Gasteiger partial charge on any atom is -0.390 e. The van der Waals surface area contributed by atoms with Crippen LogP contribution in [0.25, 0.3) is 0 Å². The van der Waals surface area contributed by atoms with Crippen LogP contribution >= 0.6 is 0 Å². The number of hydrogen-bond acceptors (Lipinski definition) is 6. The maximum atomic E-state index is 13.6. The van der Waals surface area contributed by atoms with E-state index in [2.05, 4.69) is 29.0 Å². The number of aromatic nitrogens is 2. The lowest BCUT2D eigenvalue weighted by atomic mass is 9.52. The average Bonchev–Trinajstić information content (AvgIpc) is 3.29. The van der Waals surface area contributed by atoms with Gasteiger partial charge in [0.2, 0.25) is 5.95 Å². The lowest BCUT2D eigenvalue weighted by Crippen LogP contribution is -2.61. The molecule has 1 aliphatic heterocycles. The molecule has 6 aliphatic rings. The van der Waals surface area contributed by atoms with E-state index in [0.717, 1.165) is 69.7 Å². The Kier molecular flexibility index (Phi) is 5.41. The zero-order valence-electron chi connectivity index (χ0n) is 20.0. The van der Waals surface area contributed by atoms with Crippen molar-refractivity contribution in [2.45, 2.75) is 101 Å². The Morgan fingerprint density at radius 3 is 2.42 bits per heavy atom. The van der Waals surface area contributed by atoms with Crippen molar-refractivity contribution in [3.8, 4) is 0 Å². The fraction of sp³-hybridized carbons (Fsp3) is 0.808. The monoisotopic (exact) mass is 454 g/mol. The Labute approximate surface area is 196 Å². The molecule has 5 aliphatic carbocycles. The van der Waals surface area contributed by atoms with Gasteiger partial charge in [-0.05, 0) is 76.5 Å². The first-order valence-electron chi connectivity index (χ1n) is 13.2. The molecule has 1 saturated heterocycles.